The second-order valence-corrected chi connectivity index (χ2v) is 6.61. The van der Waals surface area contributed by atoms with Crippen molar-refractivity contribution in [2.45, 2.75) is 25.8 Å². The van der Waals surface area contributed by atoms with Crippen molar-refractivity contribution in [3.8, 4) is 0 Å². The highest BCUT2D eigenvalue weighted by Gasteiger charge is 2.35. The number of carbonyl (C=O) groups is 2. The third kappa shape index (κ3) is 3.20. The van der Waals surface area contributed by atoms with Crippen LogP contribution in [0.2, 0.25) is 5.02 Å². The van der Waals surface area contributed by atoms with Crippen LogP contribution in [0, 0.1) is 5.82 Å². The van der Waals surface area contributed by atoms with Crippen LogP contribution in [0.5, 0.6) is 0 Å². The Balaban J connectivity index is 1.62. The predicted octanol–water partition coefficient (Wildman–Crippen LogP) is 2.84. The first kappa shape index (κ1) is 17.0. The van der Waals surface area contributed by atoms with E-state index in [9.17, 15) is 14.0 Å². The number of urea groups is 1. The molecule has 0 saturated carbocycles. The molecule has 7 heteroatoms. The number of amides is 3. The fourth-order valence-corrected chi connectivity index (χ4v) is 3.64. The average Bonchev–Trinajstić information content (AvgIpc) is 2.97. The molecule has 3 rings (SSSR count). The summed E-state index contributed by atoms with van der Waals surface area (Å²) in [5, 5.41) is 0.261. The molecule has 2 aliphatic rings. The third-order valence-corrected chi connectivity index (χ3v) is 5.19. The van der Waals surface area contributed by atoms with Gasteiger partial charge in [-0.2, -0.15) is 0 Å². The van der Waals surface area contributed by atoms with Gasteiger partial charge in [0.2, 0.25) is 0 Å². The van der Waals surface area contributed by atoms with Crippen molar-refractivity contribution in [2.24, 2.45) is 0 Å². The van der Waals surface area contributed by atoms with Crippen LogP contribution in [0.4, 0.5) is 9.18 Å². The molecule has 0 aliphatic carbocycles. The van der Waals surface area contributed by atoms with Crippen LogP contribution < -0.4 is 0 Å². The van der Waals surface area contributed by atoms with Crippen LogP contribution in [0.3, 0.4) is 0 Å². The number of carbonyl (C=O) groups excluding carboxylic acids is 2. The van der Waals surface area contributed by atoms with Crippen LogP contribution >= 0.6 is 11.6 Å². The lowest BCUT2D eigenvalue weighted by Crippen LogP contribution is -2.48. The molecule has 0 aromatic heterocycles. The topological polar surface area (TPSA) is 43.9 Å². The molecule has 2 aliphatic heterocycles. The summed E-state index contributed by atoms with van der Waals surface area (Å²) in [6.45, 7) is 5.32. The van der Waals surface area contributed by atoms with Crippen LogP contribution in [-0.2, 0) is 0 Å². The van der Waals surface area contributed by atoms with E-state index in [1.165, 1.54) is 18.2 Å². The number of benzene rings is 1. The van der Waals surface area contributed by atoms with Gasteiger partial charge in [-0.25, -0.2) is 9.18 Å². The first-order valence-electron chi connectivity index (χ1n) is 8.31. The van der Waals surface area contributed by atoms with Gasteiger partial charge in [-0.15, -0.1) is 0 Å². The van der Waals surface area contributed by atoms with Crippen molar-refractivity contribution in [1.82, 2.24) is 14.7 Å². The molecule has 0 N–H and O–H groups in total. The van der Waals surface area contributed by atoms with Gasteiger partial charge in [0, 0.05) is 38.8 Å². The van der Waals surface area contributed by atoms with Crippen LogP contribution in [0.1, 0.15) is 30.1 Å². The highest BCUT2D eigenvalue weighted by Crippen LogP contribution is 2.24. The maximum Gasteiger partial charge on any atom is 0.320 e. The highest BCUT2D eigenvalue weighted by molar-refractivity contribution is 6.33. The molecule has 2 heterocycles. The van der Waals surface area contributed by atoms with Crippen LogP contribution in [0.25, 0.3) is 0 Å². The molecule has 5 nitrogen and oxygen atoms in total. The number of likely N-dealkylation sites (tertiary alicyclic amines) is 1. The molecular formula is C17H21ClFN3O2. The summed E-state index contributed by atoms with van der Waals surface area (Å²) in [7, 11) is 0. The van der Waals surface area contributed by atoms with E-state index in [-0.39, 0.29) is 28.6 Å². The Bertz CT molecular complexity index is 647. The van der Waals surface area contributed by atoms with E-state index in [2.05, 4.69) is 0 Å². The zero-order chi connectivity index (χ0) is 17.3. The van der Waals surface area contributed by atoms with E-state index < -0.39 is 5.82 Å². The third-order valence-electron chi connectivity index (χ3n) is 4.86. The first-order chi connectivity index (χ1) is 11.5. The number of nitrogens with zero attached hydrogens (tertiary/aromatic N) is 3. The van der Waals surface area contributed by atoms with Gasteiger partial charge in [0.25, 0.3) is 5.91 Å². The lowest BCUT2D eigenvalue weighted by atomic mass is 10.0. The highest BCUT2D eigenvalue weighted by atomic mass is 35.5. The maximum atomic E-state index is 13.4. The molecule has 0 spiro atoms. The summed E-state index contributed by atoms with van der Waals surface area (Å²) < 4.78 is 13.4. The van der Waals surface area contributed by atoms with Gasteiger partial charge in [0.1, 0.15) is 5.82 Å². The minimum atomic E-state index is -0.472. The van der Waals surface area contributed by atoms with E-state index in [0.29, 0.717) is 13.1 Å². The van der Waals surface area contributed by atoms with Crippen molar-refractivity contribution < 1.29 is 14.0 Å². The maximum absolute atomic E-state index is 13.4. The van der Waals surface area contributed by atoms with E-state index in [1.807, 2.05) is 16.7 Å². The largest absolute Gasteiger partial charge is 0.338 e. The van der Waals surface area contributed by atoms with Gasteiger partial charge in [0.05, 0.1) is 10.6 Å². The Morgan fingerprint density at radius 1 is 1.25 bits per heavy atom. The monoisotopic (exact) mass is 353 g/mol. The Labute approximate surface area is 146 Å². The Kier molecular flexibility index (Phi) is 4.94. The van der Waals surface area contributed by atoms with Crippen LogP contribution in [-0.4, -0.2) is 65.4 Å². The van der Waals surface area contributed by atoms with Crippen molar-refractivity contribution >= 4 is 23.5 Å². The van der Waals surface area contributed by atoms with E-state index in [4.69, 9.17) is 11.6 Å². The molecule has 2 fully saturated rings. The molecule has 1 aromatic carbocycles. The van der Waals surface area contributed by atoms with E-state index in [0.717, 1.165) is 32.5 Å². The van der Waals surface area contributed by atoms with E-state index in [1.54, 1.807) is 4.90 Å². The Hall–Kier alpha value is -1.82. The molecule has 0 bridgehead atoms. The fourth-order valence-electron chi connectivity index (χ4n) is 3.45. The number of halogens is 2. The first-order valence-corrected chi connectivity index (χ1v) is 8.69. The summed E-state index contributed by atoms with van der Waals surface area (Å²) in [6, 6.07) is 4.08. The fraction of sp³-hybridized carbons (Fsp3) is 0.529. The number of likely N-dealkylation sites (N-methyl/N-ethyl adjacent to an activating group) is 1. The minimum absolute atomic E-state index is 0.0930. The van der Waals surface area contributed by atoms with Gasteiger partial charge in [0.15, 0.2) is 0 Å². The minimum Gasteiger partial charge on any atom is -0.338 e. The average molecular weight is 354 g/mol. The number of rotatable bonds is 3. The Morgan fingerprint density at radius 2 is 1.96 bits per heavy atom. The summed E-state index contributed by atoms with van der Waals surface area (Å²) in [5.41, 5.74) is 0.199. The summed E-state index contributed by atoms with van der Waals surface area (Å²) in [5.74, 6) is -0.721. The van der Waals surface area contributed by atoms with Crippen molar-refractivity contribution in [2.75, 3.05) is 32.7 Å². The van der Waals surface area contributed by atoms with Gasteiger partial charge < -0.3 is 14.7 Å². The second-order valence-electron chi connectivity index (χ2n) is 6.20. The molecule has 2 saturated heterocycles. The van der Waals surface area contributed by atoms with Crippen LogP contribution in [0.15, 0.2) is 18.2 Å². The molecule has 0 atom stereocenters. The quantitative estimate of drug-likeness (QED) is 0.838. The van der Waals surface area contributed by atoms with Gasteiger partial charge >= 0.3 is 6.03 Å². The molecule has 130 valence electrons. The predicted molar refractivity (Wildman–Crippen MR) is 89.7 cm³/mol. The Morgan fingerprint density at radius 3 is 2.58 bits per heavy atom. The SMILES string of the molecule is CCN1CCN(C2CCN(C(=O)c3cc(F)ccc3Cl)CC2)C1=O. The normalized spacial score (nSPS) is 19.3. The molecule has 1 aromatic rings. The molecule has 0 unspecified atom stereocenters. The van der Waals surface area contributed by atoms with Crippen molar-refractivity contribution in [3.63, 3.8) is 0 Å². The van der Waals surface area contributed by atoms with Crippen molar-refractivity contribution in [1.29, 1.82) is 0 Å². The van der Waals surface area contributed by atoms with Crippen molar-refractivity contribution in [3.05, 3.63) is 34.6 Å². The summed E-state index contributed by atoms with van der Waals surface area (Å²) in [4.78, 5) is 30.3. The second kappa shape index (κ2) is 6.97. The standard InChI is InChI=1S/C17H21ClFN3O2/c1-2-20-9-10-22(17(20)24)13-5-7-21(8-6-13)16(23)14-11-12(19)3-4-15(14)18/h3-4,11,13H,2,5-10H2,1H3. The molecule has 3 amide bonds. The molecule has 24 heavy (non-hydrogen) atoms. The van der Waals surface area contributed by atoms with Gasteiger partial charge in [-0.05, 0) is 38.0 Å². The van der Waals surface area contributed by atoms with Gasteiger partial charge in [-0.1, -0.05) is 11.6 Å². The lowest BCUT2D eigenvalue weighted by molar-refractivity contribution is 0.0663. The zero-order valence-corrected chi connectivity index (χ0v) is 14.4. The number of hydrogen-bond donors (Lipinski definition) is 0. The van der Waals surface area contributed by atoms with Gasteiger partial charge in [-0.3, -0.25) is 4.79 Å². The summed E-state index contributed by atoms with van der Waals surface area (Å²) >= 11 is 6.02. The zero-order valence-electron chi connectivity index (χ0n) is 13.7. The number of piperidine rings is 1. The van der Waals surface area contributed by atoms with E-state index >= 15 is 0 Å². The molecular weight excluding hydrogens is 333 g/mol. The smallest absolute Gasteiger partial charge is 0.320 e. The summed E-state index contributed by atoms with van der Waals surface area (Å²) in [6.07, 6.45) is 1.48. The molecule has 0 radical (unpaired) electrons. The lowest BCUT2D eigenvalue weighted by Gasteiger charge is -2.36. The number of hydrogen-bond acceptors (Lipinski definition) is 2.